The van der Waals surface area contributed by atoms with Gasteiger partial charge < -0.3 is 4.42 Å². The normalized spacial score (nSPS) is 11.4. The molecule has 0 aliphatic carbocycles. The second-order valence-electron chi connectivity index (χ2n) is 4.34. The third-order valence-electron chi connectivity index (χ3n) is 2.75. The van der Waals surface area contributed by atoms with Crippen LogP contribution in [0.2, 0.25) is 0 Å². The average Bonchev–Trinajstić information content (AvgIpc) is 2.83. The number of aryl methyl sites for hydroxylation is 1. The molecule has 0 bridgehead atoms. The van der Waals surface area contributed by atoms with Crippen molar-refractivity contribution in [1.29, 1.82) is 0 Å². The highest BCUT2D eigenvalue weighted by Gasteiger charge is 2.10. The zero-order valence-corrected chi connectivity index (χ0v) is 11.0. The summed E-state index contributed by atoms with van der Waals surface area (Å²) >= 11 is 0. The second kappa shape index (κ2) is 6.00. The largest absolute Gasteiger partial charge is 0.469 e. The van der Waals surface area contributed by atoms with E-state index in [4.69, 9.17) is 4.42 Å². The number of hydrogen-bond acceptors (Lipinski definition) is 3. The molecule has 0 radical (unpaired) electrons. The zero-order chi connectivity index (χ0) is 13.7. The van der Waals surface area contributed by atoms with Gasteiger partial charge >= 0.3 is 0 Å². The van der Waals surface area contributed by atoms with Gasteiger partial charge in [-0.1, -0.05) is 30.3 Å². The maximum Gasteiger partial charge on any atom is 0.274 e. The van der Waals surface area contributed by atoms with Crippen molar-refractivity contribution in [3.05, 3.63) is 59.5 Å². The van der Waals surface area contributed by atoms with Crippen LogP contribution in [0.5, 0.6) is 0 Å². The lowest BCUT2D eigenvalue weighted by atomic mass is 10.1. The van der Waals surface area contributed by atoms with Crippen LogP contribution in [0.15, 0.2) is 52.2 Å². The summed E-state index contributed by atoms with van der Waals surface area (Å²) in [5.74, 6) is 0.340. The Hall–Kier alpha value is -2.36. The summed E-state index contributed by atoms with van der Waals surface area (Å²) in [4.78, 5) is 11.8. The molecule has 19 heavy (non-hydrogen) atoms. The molecule has 0 aliphatic heterocycles. The van der Waals surface area contributed by atoms with Crippen molar-refractivity contribution in [3.8, 4) is 0 Å². The molecule has 2 rings (SSSR count). The van der Waals surface area contributed by atoms with Crippen molar-refractivity contribution in [1.82, 2.24) is 5.43 Å². The van der Waals surface area contributed by atoms with E-state index < -0.39 is 0 Å². The highest BCUT2D eigenvalue weighted by molar-refractivity contribution is 5.96. The molecular weight excluding hydrogens is 240 g/mol. The Balaban J connectivity index is 1.95. The van der Waals surface area contributed by atoms with Crippen LogP contribution in [-0.4, -0.2) is 11.6 Å². The topological polar surface area (TPSA) is 54.6 Å². The van der Waals surface area contributed by atoms with Crippen molar-refractivity contribution >= 4 is 11.6 Å². The molecular formula is C15H16N2O2. The molecule has 0 fully saturated rings. The first-order valence-corrected chi connectivity index (χ1v) is 6.08. The number of hydrazone groups is 1. The Labute approximate surface area is 112 Å². The van der Waals surface area contributed by atoms with E-state index >= 15 is 0 Å². The van der Waals surface area contributed by atoms with Gasteiger partial charge in [0.25, 0.3) is 5.91 Å². The SMILES string of the molecule is CC(Cc1ccccc1)=NNC(=O)c1ccoc1C. The number of carbonyl (C=O) groups excluding carboxylic acids is 1. The molecule has 2 aromatic rings. The van der Waals surface area contributed by atoms with Gasteiger partial charge in [0.2, 0.25) is 0 Å². The van der Waals surface area contributed by atoms with Gasteiger partial charge in [0, 0.05) is 12.1 Å². The molecule has 0 atom stereocenters. The summed E-state index contributed by atoms with van der Waals surface area (Å²) in [6, 6.07) is 11.6. The fourth-order valence-electron chi connectivity index (χ4n) is 1.76. The van der Waals surface area contributed by atoms with Crippen LogP contribution >= 0.6 is 0 Å². The summed E-state index contributed by atoms with van der Waals surface area (Å²) in [5, 5.41) is 4.09. The van der Waals surface area contributed by atoms with Crippen LogP contribution in [-0.2, 0) is 6.42 Å². The minimum Gasteiger partial charge on any atom is -0.469 e. The Morgan fingerprint density at radius 1 is 1.26 bits per heavy atom. The Morgan fingerprint density at radius 2 is 2.00 bits per heavy atom. The highest BCUT2D eigenvalue weighted by atomic mass is 16.3. The molecule has 1 amide bonds. The molecule has 0 unspecified atom stereocenters. The number of carbonyl (C=O) groups is 1. The quantitative estimate of drug-likeness (QED) is 0.675. The van der Waals surface area contributed by atoms with Crippen molar-refractivity contribution in [2.24, 2.45) is 5.10 Å². The van der Waals surface area contributed by atoms with Crippen LogP contribution in [0, 0.1) is 6.92 Å². The summed E-state index contributed by atoms with van der Waals surface area (Å²) in [5.41, 5.74) is 5.06. The fourth-order valence-corrected chi connectivity index (χ4v) is 1.76. The minimum atomic E-state index is -0.251. The molecule has 1 N–H and O–H groups in total. The number of nitrogens with zero attached hydrogens (tertiary/aromatic N) is 1. The molecule has 4 heteroatoms. The standard InChI is InChI=1S/C15H16N2O2/c1-11(10-13-6-4-3-5-7-13)16-17-15(18)14-8-9-19-12(14)2/h3-9H,10H2,1-2H3,(H,17,18). The van der Waals surface area contributed by atoms with Crippen LogP contribution < -0.4 is 5.43 Å². The first-order chi connectivity index (χ1) is 9.16. The van der Waals surface area contributed by atoms with E-state index in [0.717, 1.165) is 11.3 Å². The molecule has 1 heterocycles. The first kappa shape index (κ1) is 13.1. The monoisotopic (exact) mass is 256 g/mol. The van der Waals surface area contributed by atoms with E-state index in [1.54, 1.807) is 13.0 Å². The summed E-state index contributed by atoms with van der Waals surface area (Å²) in [6.45, 7) is 3.63. The smallest absolute Gasteiger partial charge is 0.274 e. The van der Waals surface area contributed by atoms with Crippen LogP contribution in [0.4, 0.5) is 0 Å². The molecule has 98 valence electrons. The molecule has 1 aromatic carbocycles. The van der Waals surface area contributed by atoms with E-state index in [0.29, 0.717) is 17.7 Å². The van der Waals surface area contributed by atoms with Gasteiger partial charge in [0.15, 0.2) is 0 Å². The number of nitrogens with one attached hydrogen (secondary N) is 1. The Kier molecular flexibility index (Phi) is 4.13. The molecule has 1 aromatic heterocycles. The van der Waals surface area contributed by atoms with Crippen molar-refractivity contribution in [2.45, 2.75) is 20.3 Å². The van der Waals surface area contributed by atoms with Gasteiger partial charge in [0.05, 0.1) is 11.8 Å². The summed E-state index contributed by atoms with van der Waals surface area (Å²) < 4.78 is 5.08. The summed E-state index contributed by atoms with van der Waals surface area (Å²) in [6.07, 6.45) is 2.20. The third-order valence-corrected chi connectivity index (χ3v) is 2.75. The van der Waals surface area contributed by atoms with Crippen molar-refractivity contribution in [2.75, 3.05) is 0 Å². The lowest BCUT2D eigenvalue weighted by Gasteiger charge is -2.02. The van der Waals surface area contributed by atoms with Crippen LogP contribution in [0.1, 0.15) is 28.6 Å². The van der Waals surface area contributed by atoms with E-state index in [-0.39, 0.29) is 5.91 Å². The van der Waals surface area contributed by atoms with E-state index in [9.17, 15) is 4.79 Å². The maximum atomic E-state index is 11.8. The molecule has 0 saturated heterocycles. The van der Waals surface area contributed by atoms with E-state index in [1.807, 2.05) is 37.3 Å². The molecule has 0 saturated carbocycles. The lowest BCUT2D eigenvalue weighted by molar-refractivity contribution is 0.0953. The number of benzene rings is 1. The first-order valence-electron chi connectivity index (χ1n) is 6.08. The average molecular weight is 256 g/mol. The number of hydrogen-bond donors (Lipinski definition) is 1. The van der Waals surface area contributed by atoms with Gasteiger partial charge in [-0.25, -0.2) is 5.43 Å². The third kappa shape index (κ3) is 3.55. The molecule has 0 spiro atoms. The zero-order valence-electron chi connectivity index (χ0n) is 11.0. The van der Waals surface area contributed by atoms with Gasteiger partial charge in [-0.3, -0.25) is 4.79 Å². The molecule has 4 nitrogen and oxygen atoms in total. The van der Waals surface area contributed by atoms with Gasteiger partial charge in [0.1, 0.15) is 5.76 Å². The maximum absolute atomic E-state index is 11.8. The van der Waals surface area contributed by atoms with Gasteiger partial charge in [-0.05, 0) is 25.5 Å². The Bertz CT molecular complexity index is 585. The van der Waals surface area contributed by atoms with E-state index in [2.05, 4.69) is 10.5 Å². The molecule has 0 aliphatic rings. The summed E-state index contributed by atoms with van der Waals surface area (Å²) in [7, 11) is 0. The fraction of sp³-hybridized carbons (Fsp3) is 0.200. The van der Waals surface area contributed by atoms with Crippen molar-refractivity contribution < 1.29 is 9.21 Å². The Morgan fingerprint density at radius 3 is 2.63 bits per heavy atom. The number of amides is 1. The predicted octanol–water partition coefficient (Wildman–Crippen LogP) is 2.94. The van der Waals surface area contributed by atoms with Crippen molar-refractivity contribution in [3.63, 3.8) is 0 Å². The van der Waals surface area contributed by atoms with Crippen LogP contribution in [0.3, 0.4) is 0 Å². The number of rotatable bonds is 4. The lowest BCUT2D eigenvalue weighted by Crippen LogP contribution is -2.19. The van der Waals surface area contributed by atoms with E-state index in [1.165, 1.54) is 6.26 Å². The van der Waals surface area contributed by atoms with Crippen LogP contribution in [0.25, 0.3) is 0 Å². The predicted molar refractivity (Wildman–Crippen MR) is 74.2 cm³/mol. The minimum absolute atomic E-state index is 0.251. The second-order valence-corrected chi connectivity index (χ2v) is 4.34. The number of furan rings is 1. The van der Waals surface area contributed by atoms with Gasteiger partial charge in [-0.2, -0.15) is 5.10 Å². The van der Waals surface area contributed by atoms with Gasteiger partial charge in [-0.15, -0.1) is 0 Å². The highest BCUT2D eigenvalue weighted by Crippen LogP contribution is 2.08.